The summed E-state index contributed by atoms with van der Waals surface area (Å²) < 4.78 is 8.89. The Hall–Kier alpha value is -8.40. The highest BCUT2D eigenvalue weighted by Gasteiger charge is 2.22. The molecule has 63 heavy (non-hydrogen) atoms. The molecule has 0 saturated heterocycles. The van der Waals surface area contributed by atoms with Gasteiger partial charge < -0.3 is 13.9 Å². The van der Waals surface area contributed by atoms with E-state index in [-0.39, 0.29) is 0 Å². The number of hydrogen-bond donors (Lipinski definition) is 0. The maximum absolute atomic E-state index is 6.51. The zero-order chi connectivity index (χ0) is 41.7. The van der Waals surface area contributed by atoms with Crippen LogP contribution in [-0.4, -0.2) is 4.57 Å². The van der Waals surface area contributed by atoms with E-state index >= 15 is 0 Å². The Kier molecular flexibility index (Phi) is 8.83. The Morgan fingerprint density at radius 3 is 1.60 bits per heavy atom. The summed E-state index contributed by atoms with van der Waals surface area (Å²) in [6.45, 7) is 0. The van der Waals surface area contributed by atoms with Crippen LogP contribution in [-0.2, 0) is 0 Å². The molecule has 0 atom stereocenters. The standard InChI is InChI=1S/C60H40N2O/c1-3-17-42(18-4-1)47-21-7-8-22-48(47)49-23-9-10-24-50(49)51-25-11-14-28-56(51)61(46-36-38-55-54-27-13-16-30-59(54)63-60(55)40-46)45-34-31-41(32-35-45)43-33-37-53-52-26-12-15-29-57(52)62(58(53)39-43)44-19-5-2-6-20-44/h1-40H. The lowest BCUT2D eigenvalue weighted by Gasteiger charge is -2.28. The molecule has 2 aromatic heterocycles. The molecular formula is C60H40N2O. The van der Waals surface area contributed by atoms with Crippen molar-refractivity contribution in [2.45, 2.75) is 0 Å². The SMILES string of the molecule is c1ccc(-c2ccccc2-c2ccccc2-c2ccccc2N(c2ccc(-c3ccc4c5ccccc5n(-c5ccccc5)c4c3)cc2)c2ccc3c(c2)oc2ccccc23)cc1. The van der Waals surface area contributed by atoms with Gasteiger partial charge in [0.15, 0.2) is 0 Å². The van der Waals surface area contributed by atoms with Crippen molar-refractivity contribution in [2.24, 2.45) is 0 Å². The predicted molar refractivity (Wildman–Crippen MR) is 264 cm³/mol. The maximum Gasteiger partial charge on any atom is 0.137 e. The molecule has 0 amide bonds. The van der Waals surface area contributed by atoms with Crippen LogP contribution in [0.4, 0.5) is 17.1 Å². The van der Waals surface area contributed by atoms with E-state index in [1.807, 2.05) is 12.1 Å². The molecule has 12 rings (SSSR count). The van der Waals surface area contributed by atoms with Crippen LogP contribution in [0.15, 0.2) is 247 Å². The number of benzene rings is 10. The third-order valence-electron chi connectivity index (χ3n) is 12.4. The van der Waals surface area contributed by atoms with E-state index in [2.05, 4.69) is 240 Å². The summed E-state index contributed by atoms with van der Waals surface area (Å²) in [7, 11) is 0. The molecule has 10 aromatic carbocycles. The number of nitrogens with zero attached hydrogens (tertiary/aromatic N) is 2. The van der Waals surface area contributed by atoms with Gasteiger partial charge in [0.25, 0.3) is 0 Å². The van der Waals surface area contributed by atoms with Crippen molar-refractivity contribution in [1.29, 1.82) is 0 Å². The van der Waals surface area contributed by atoms with E-state index < -0.39 is 0 Å². The number of furan rings is 1. The van der Waals surface area contributed by atoms with Crippen molar-refractivity contribution in [3.05, 3.63) is 243 Å². The van der Waals surface area contributed by atoms with Crippen molar-refractivity contribution in [1.82, 2.24) is 4.57 Å². The zero-order valence-electron chi connectivity index (χ0n) is 34.4. The Labute approximate surface area is 366 Å². The molecule has 0 bridgehead atoms. The van der Waals surface area contributed by atoms with E-state index in [0.717, 1.165) is 66.9 Å². The smallest absolute Gasteiger partial charge is 0.137 e. The van der Waals surface area contributed by atoms with Gasteiger partial charge in [-0.1, -0.05) is 176 Å². The quantitative estimate of drug-likeness (QED) is 0.153. The second-order valence-corrected chi connectivity index (χ2v) is 16.1. The maximum atomic E-state index is 6.51. The molecule has 0 fully saturated rings. The summed E-state index contributed by atoms with van der Waals surface area (Å²) in [6.07, 6.45) is 0. The first-order valence-corrected chi connectivity index (χ1v) is 21.5. The molecule has 0 N–H and O–H groups in total. The largest absolute Gasteiger partial charge is 0.456 e. The van der Waals surface area contributed by atoms with Gasteiger partial charge in [-0.15, -0.1) is 0 Å². The summed E-state index contributed by atoms with van der Waals surface area (Å²) >= 11 is 0. The molecule has 3 heteroatoms. The second kappa shape index (κ2) is 15.3. The lowest BCUT2D eigenvalue weighted by atomic mass is 9.88. The van der Waals surface area contributed by atoms with Gasteiger partial charge in [-0.25, -0.2) is 0 Å². The first-order chi connectivity index (χ1) is 31.3. The first-order valence-electron chi connectivity index (χ1n) is 21.5. The number of rotatable bonds is 8. The number of para-hydroxylation sites is 4. The number of aromatic nitrogens is 1. The van der Waals surface area contributed by atoms with Gasteiger partial charge in [-0.3, -0.25) is 0 Å². The average Bonchev–Trinajstić information content (AvgIpc) is 3.90. The summed E-state index contributed by atoms with van der Waals surface area (Å²) in [4.78, 5) is 2.38. The van der Waals surface area contributed by atoms with Crippen LogP contribution in [0.5, 0.6) is 0 Å². The van der Waals surface area contributed by atoms with Crippen molar-refractivity contribution < 1.29 is 4.42 Å². The van der Waals surface area contributed by atoms with Gasteiger partial charge in [-0.05, 0) is 99.6 Å². The minimum atomic E-state index is 0.854. The minimum Gasteiger partial charge on any atom is -0.456 e. The van der Waals surface area contributed by atoms with Crippen LogP contribution < -0.4 is 4.90 Å². The molecule has 0 aliphatic carbocycles. The minimum absolute atomic E-state index is 0.854. The van der Waals surface area contributed by atoms with Crippen LogP contribution >= 0.6 is 0 Å². The van der Waals surface area contributed by atoms with Gasteiger partial charge in [0.1, 0.15) is 11.2 Å². The summed E-state index contributed by atoms with van der Waals surface area (Å²) in [5, 5.41) is 4.71. The fraction of sp³-hybridized carbons (Fsp3) is 0. The highest BCUT2D eigenvalue weighted by molar-refractivity contribution is 6.10. The fourth-order valence-electron chi connectivity index (χ4n) is 9.53. The van der Waals surface area contributed by atoms with Crippen LogP contribution in [0.25, 0.3) is 93.9 Å². The molecule has 296 valence electrons. The van der Waals surface area contributed by atoms with Crippen LogP contribution in [0.2, 0.25) is 0 Å². The third-order valence-corrected chi connectivity index (χ3v) is 12.4. The summed E-state index contributed by atoms with van der Waals surface area (Å²) in [6, 6.07) is 87.1. The molecule has 0 unspecified atom stereocenters. The van der Waals surface area contributed by atoms with Gasteiger partial charge >= 0.3 is 0 Å². The van der Waals surface area contributed by atoms with Crippen molar-refractivity contribution in [3.8, 4) is 50.2 Å². The van der Waals surface area contributed by atoms with Crippen molar-refractivity contribution in [2.75, 3.05) is 4.90 Å². The van der Waals surface area contributed by atoms with Crippen molar-refractivity contribution >= 4 is 60.8 Å². The highest BCUT2D eigenvalue weighted by atomic mass is 16.3. The molecule has 0 saturated carbocycles. The predicted octanol–water partition coefficient (Wildman–Crippen LogP) is 16.8. The topological polar surface area (TPSA) is 21.3 Å². The molecule has 0 spiro atoms. The summed E-state index contributed by atoms with van der Waals surface area (Å²) in [5.74, 6) is 0. The average molecular weight is 805 g/mol. The fourth-order valence-corrected chi connectivity index (χ4v) is 9.53. The van der Waals surface area contributed by atoms with Crippen LogP contribution in [0, 0.1) is 0 Å². The van der Waals surface area contributed by atoms with Gasteiger partial charge in [0, 0.05) is 50.2 Å². The number of hydrogen-bond acceptors (Lipinski definition) is 2. The lowest BCUT2D eigenvalue weighted by Crippen LogP contribution is -2.11. The van der Waals surface area contributed by atoms with Crippen molar-refractivity contribution in [3.63, 3.8) is 0 Å². The lowest BCUT2D eigenvalue weighted by molar-refractivity contribution is 0.669. The molecule has 0 aliphatic heterocycles. The molecular weight excluding hydrogens is 765 g/mol. The molecule has 0 radical (unpaired) electrons. The monoisotopic (exact) mass is 804 g/mol. The number of anilines is 3. The van der Waals surface area contributed by atoms with Crippen LogP contribution in [0.3, 0.4) is 0 Å². The Balaban J connectivity index is 1.02. The Morgan fingerprint density at radius 2 is 0.825 bits per heavy atom. The van der Waals surface area contributed by atoms with Gasteiger partial charge in [0.2, 0.25) is 0 Å². The van der Waals surface area contributed by atoms with E-state index in [1.165, 1.54) is 44.1 Å². The second-order valence-electron chi connectivity index (χ2n) is 16.1. The van der Waals surface area contributed by atoms with E-state index in [9.17, 15) is 0 Å². The Bertz CT molecular complexity index is 3620. The molecule has 2 heterocycles. The van der Waals surface area contributed by atoms with Crippen LogP contribution in [0.1, 0.15) is 0 Å². The molecule has 3 nitrogen and oxygen atoms in total. The van der Waals surface area contributed by atoms with Gasteiger partial charge in [-0.2, -0.15) is 0 Å². The molecule has 12 aromatic rings. The van der Waals surface area contributed by atoms with E-state index in [4.69, 9.17) is 4.42 Å². The highest BCUT2D eigenvalue weighted by Crippen LogP contribution is 2.46. The van der Waals surface area contributed by atoms with Gasteiger partial charge in [0.05, 0.1) is 16.7 Å². The Morgan fingerprint density at radius 1 is 0.302 bits per heavy atom. The summed E-state index contributed by atoms with van der Waals surface area (Å²) in [5.41, 5.74) is 17.8. The zero-order valence-corrected chi connectivity index (χ0v) is 34.4. The first kappa shape index (κ1) is 36.5. The molecule has 0 aliphatic rings. The normalized spacial score (nSPS) is 11.5. The third kappa shape index (κ3) is 6.29. The number of fused-ring (bicyclic) bond motifs is 6. The van der Waals surface area contributed by atoms with E-state index in [1.54, 1.807) is 0 Å². The van der Waals surface area contributed by atoms with E-state index in [0.29, 0.717) is 0 Å².